The zero-order valence-electron chi connectivity index (χ0n) is 8.78. The van der Waals surface area contributed by atoms with Crippen LogP contribution in [0.3, 0.4) is 0 Å². The molecular formula is C12H12INO2. The van der Waals surface area contributed by atoms with Crippen LogP contribution >= 0.6 is 22.6 Å². The first-order valence-electron chi connectivity index (χ1n) is 5.47. The summed E-state index contributed by atoms with van der Waals surface area (Å²) in [6.45, 7) is 1.04. The van der Waals surface area contributed by atoms with E-state index >= 15 is 0 Å². The van der Waals surface area contributed by atoms with Crippen LogP contribution in [0.15, 0.2) is 18.2 Å². The highest BCUT2D eigenvalue weighted by molar-refractivity contribution is 14.1. The lowest BCUT2D eigenvalue weighted by Crippen LogP contribution is -2.40. The van der Waals surface area contributed by atoms with Crippen LogP contribution in [0.2, 0.25) is 0 Å². The molecule has 0 aromatic heterocycles. The van der Waals surface area contributed by atoms with E-state index in [0.717, 1.165) is 21.6 Å². The number of rotatable bonds is 2. The monoisotopic (exact) mass is 329 g/mol. The molecule has 4 heteroatoms. The van der Waals surface area contributed by atoms with Crippen molar-refractivity contribution < 1.29 is 9.53 Å². The molecule has 0 radical (unpaired) electrons. The highest BCUT2D eigenvalue weighted by Crippen LogP contribution is 2.37. The number of benzene rings is 1. The van der Waals surface area contributed by atoms with E-state index in [1.807, 2.05) is 23.1 Å². The fraction of sp³-hybridized carbons (Fsp3) is 0.417. The molecule has 3 nitrogen and oxygen atoms in total. The van der Waals surface area contributed by atoms with Crippen molar-refractivity contribution >= 4 is 34.2 Å². The Morgan fingerprint density at radius 3 is 3.00 bits per heavy atom. The van der Waals surface area contributed by atoms with Crippen LogP contribution in [0, 0.1) is 9.49 Å². The summed E-state index contributed by atoms with van der Waals surface area (Å²) in [5.41, 5.74) is 0.934. The number of nitrogens with zero attached hydrogens (tertiary/aromatic N) is 1. The van der Waals surface area contributed by atoms with Crippen molar-refractivity contribution in [1.82, 2.24) is 0 Å². The number of fused-ring (bicyclic) bond motifs is 1. The van der Waals surface area contributed by atoms with Crippen LogP contribution < -0.4 is 9.64 Å². The molecule has 84 valence electrons. The Morgan fingerprint density at radius 1 is 1.44 bits per heavy atom. The lowest BCUT2D eigenvalue weighted by Gasteiger charge is -2.29. The molecule has 0 N–H and O–H groups in total. The van der Waals surface area contributed by atoms with Gasteiger partial charge in [0.1, 0.15) is 5.75 Å². The minimum Gasteiger partial charge on any atom is -0.482 e. The number of carbonyl (C=O) groups excluding carboxylic acids is 1. The van der Waals surface area contributed by atoms with E-state index in [4.69, 9.17) is 4.74 Å². The summed E-state index contributed by atoms with van der Waals surface area (Å²) >= 11 is 2.25. The van der Waals surface area contributed by atoms with Gasteiger partial charge in [0.15, 0.2) is 6.61 Å². The van der Waals surface area contributed by atoms with Crippen LogP contribution in [0.4, 0.5) is 5.69 Å². The van der Waals surface area contributed by atoms with Gasteiger partial charge in [0.05, 0.1) is 5.69 Å². The van der Waals surface area contributed by atoms with E-state index in [9.17, 15) is 4.79 Å². The molecule has 0 saturated heterocycles. The maximum absolute atomic E-state index is 11.8. The second-order valence-electron chi connectivity index (χ2n) is 4.35. The maximum Gasteiger partial charge on any atom is 0.265 e. The third kappa shape index (κ3) is 1.90. The predicted molar refractivity (Wildman–Crippen MR) is 69.7 cm³/mol. The largest absolute Gasteiger partial charge is 0.482 e. The van der Waals surface area contributed by atoms with E-state index in [2.05, 4.69) is 22.6 Å². The van der Waals surface area contributed by atoms with Crippen molar-refractivity contribution in [3.05, 3.63) is 21.8 Å². The van der Waals surface area contributed by atoms with Crippen molar-refractivity contribution in [2.24, 2.45) is 5.92 Å². The molecule has 0 unspecified atom stereocenters. The standard InChI is InChI=1S/C12H12INO2/c13-9-3-4-10-11(5-9)16-7-12(15)14(10)6-8-1-2-8/h3-5,8H,1-2,6-7H2. The quantitative estimate of drug-likeness (QED) is 0.780. The fourth-order valence-electron chi connectivity index (χ4n) is 1.94. The first-order valence-corrected chi connectivity index (χ1v) is 6.54. The Balaban J connectivity index is 1.95. The molecule has 0 atom stereocenters. The van der Waals surface area contributed by atoms with E-state index in [-0.39, 0.29) is 12.5 Å². The summed E-state index contributed by atoms with van der Waals surface area (Å²) < 4.78 is 6.59. The van der Waals surface area contributed by atoms with Gasteiger partial charge in [-0.1, -0.05) is 0 Å². The third-order valence-corrected chi connectivity index (χ3v) is 3.67. The molecule has 0 bridgehead atoms. The molecule has 1 aromatic carbocycles. The van der Waals surface area contributed by atoms with E-state index in [1.165, 1.54) is 12.8 Å². The van der Waals surface area contributed by atoms with Gasteiger partial charge in [-0.2, -0.15) is 0 Å². The smallest absolute Gasteiger partial charge is 0.265 e. The molecule has 1 amide bonds. The van der Waals surface area contributed by atoms with E-state index in [1.54, 1.807) is 0 Å². The average molecular weight is 329 g/mol. The summed E-state index contributed by atoms with van der Waals surface area (Å²) in [7, 11) is 0. The minimum atomic E-state index is 0.0839. The van der Waals surface area contributed by atoms with Crippen LogP contribution in [-0.2, 0) is 4.79 Å². The van der Waals surface area contributed by atoms with Crippen molar-refractivity contribution in [2.75, 3.05) is 18.1 Å². The van der Waals surface area contributed by atoms with Gasteiger partial charge >= 0.3 is 0 Å². The Kier molecular flexibility index (Phi) is 2.53. The molecule has 1 saturated carbocycles. The van der Waals surface area contributed by atoms with Crippen LogP contribution in [0.5, 0.6) is 5.75 Å². The van der Waals surface area contributed by atoms with Crippen molar-refractivity contribution in [3.63, 3.8) is 0 Å². The fourth-order valence-corrected chi connectivity index (χ4v) is 2.40. The highest BCUT2D eigenvalue weighted by atomic mass is 127. The number of amides is 1. The lowest BCUT2D eigenvalue weighted by atomic mass is 10.2. The van der Waals surface area contributed by atoms with E-state index < -0.39 is 0 Å². The van der Waals surface area contributed by atoms with Gasteiger partial charge in [0.2, 0.25) is 0 Å². The Labute approximate surface area is 108 Å². The van der Waals surface area contributed by atoms with Gasteiger partial charge in [-0.3, -0.25) is 4.79 Å². The maximum atomic E-state index is 11.8. The molecule has 1 fully saturated rings. The molecule has 0 spiro atoms. The number of hydrogen-bond donors (Lipinski definition) is 0. The topological polar surface area (TPSA) is 29.5 Å². The van der Waals surface area contributed by atoms with Gasteiger partial charge in [0, 0.05) is 10.1 Å². The molecule has 16 heavy (non-hydrogen) atoms. The van der Waals surface area contributed by atoms with Gasteiger partial charge in [-0.25, -0.2) is 0 Å². The number of carbonyl (C=O) groups is 1. The zero-order valence-corrected chi connectivity index (χ0v) is 10.9. The third-order valence-electron chi connectivity index (χ3n) is 3.00. The van der Waals surface area contributed by atoms with Gasteiger partial charge < -0.3 is 9.64 Å². The SMILES string of the molecule is O=C1COc2cc(I)ccc2N1CC1CC1. The second-order valence-corrected chi connectivity index (χ2v) is 5.59. The second kappa shape index (κ2) is 3.91. The highest BCUT2D eigenvalue weighted by Gasteiger charge is 2.31. The van der Waals surface area contributed by atoms with Crippen LogP contribution in [-0.4, -0.2) is 19.1 Å². The van der Waals surface area contributed by atoms with Gasteiger partial charge in [-0.15, -0.1) is 0 Å². The molecule has 1 aliphatic carbocycles. The number of hydrogen-bond acceptors (Lipinski definition) is 2. The Hall–Kier alpha value is -0.780. The lowest BCUT2D eigenvalue weighted by molar-refractivity contribution is -0.121. The number of ether oxygens (including phenoxy) is 1. The average Bonchev–Trinajstić information content (AvgIpc) is 3.06. The molecule has 2 aliphatic rings. The van der Waals surface area contributed by atoms with E-state index in [0.29, 0.717) is 5.92 Å². The first-order chi connectivity index (χ1) is 7.74. The molecule has 1 aliphatic heterocycles. The molecule has 3 rings (SSSR count). The normalized spacial score (nSPS) is 19.3. The Bertz CT molecular complexity index is 443. The Morgan fingerprint density at radius 2 is 2.25 bits per heavy atom. The predicted octanol–water partition coefficient (Wildman–Crippen LogP) is 2.43. The van der Waals surface area contributed by atoms with Gasteiger partial charge in [0.25, 0.3) is 5.91 Å². The summed E-state index contributed by atoms with van der Waals surface area (Å²) in [5.74, 6) is 1.63. The van der Waals surface area contributed by atoms with Gasteiger partial charge in [-0.05, 0) is 59.5 Å². The summed E-state index contributed by atoms with van der Waals surface area (Å²) in [5, 5.41) is 0. The van der Waals surface area contributed by atoms with Crippen molar-refractivity contribution in [3.8, 4) is 5.75 Å². The zero-order chi connectivity index (χ0) is 11.1. The summed E-state index contributed by atoms with van der Waals surface area (Å²) in [6.07, 6.45) is 2.51. The van der Waals surface area contributed by atoms with Crippen LogP contribution in [0.25, 0.3) is 0 Å². The summed E-state index contributed by atoms with van der Waals surface area (Å²) in [6, 6.07) is 5.99. The minimum absolute atomic E-state index is 0.0839. The number of anilines is 1. The first kappa shape index (κ1) is 10.4. The number of halogens is 1. The van der Waals surface area contributed by atoms with Crippen molar-refractivity contribution in [1.29, 1.82) is 0 Å². The van der Waals surface area contributed by atoms with Crippen molar-refractivity contribution in [2.45, 2.75) is 12.8 Å². The molecule has 1 aromatic rings. The summed E-state index contributed by atoms with van der Waals surface area (Å²) in [4.78, 5) is 13.7. The van der Waals surface area contributed by atoms with Crippen LogP contribution in [0.1, 0.15) is 12.8 Å². The molecule has 1 heterocycles. The molecular weight excluding hydrogens is 317 g/mol.